The number of aromatic nitrogens is 1. The van der Waals surface area contributed by atoms with Crippen LogP contribution in [0.1, 0.15) is 13.8 Å². The molecule has 0 fully saturated rings. The zero-order valence-electron chi connectivity index (χ0n) is 9.31. The van der Waals surface area contributed by atoms with E-state index in [2.05, 4.69) is 43.1 Å². The highest BCUT2D eigenvalue weighted by atomic mass is 32.2. The van der Waals surface area contributed by atoms with E-state index in [0.717, 1.165) is 16.3 Å². The van der Waals surface area contributed by atoms with Crippen molar-refractivity contribution in [1.82, 2.24) is 4.98 Å². The maximum absolute atomic E-state index is 5.84. The van der Waals surface area contributed by atoms with E-state index in [1.54, 1.807) is 5.51 Å². The van der Waals surface area contributed by atoms with Gasteiger partial charge in [-0.2, -0.15) is 0 Å². The van der Waals surface area contributed by atoms with Gasteiger partial charge >= 0.3 is 0 Å². The third-order valence-electron chi connectivity index (χ3n) is 2.09. The fraction of sp³-hybridized carbons (Fsp3) is 0.250. The largest absolute Gasteiger partial charge is 0.389 e. The molecular weight excluding hydrogens is 236 g/mol. The van der Waals surface area contributed by atoms with Gasteiger partial charge in [0.2, 0.25) is 0 Å². The van der Waals surface area contributed by atoms with Crippen LogP contribution in [0, 0.1) is 0 Å². The second-order valence-corrected chi connectivity index (χ2v) is 6.29. The van der Waals surface area contributed by atoms with Gasteiger partial charge in [0.25, 0.3) is 0 Å². The van der Waals surface area contributed by atoms with E-state index in [1.165, 1.54) is 16.2 Å². The second-order valence-electron chi connectivity index (χ2n) is 3.76. The minimum absolute atomic E-state index is 0.607. The van der Waals surface area contributed by atoms with E-state index in [9.17, 15) is 0 Å². The number of hydrogen-bond acceptors (Lipinski definition) is 4. The van der Waals surface area contributed by atoms with E-state index >= 15 is 0 Å². The predicted octanol–water partition coefficient (Wildman–Crippen LogP) is 3.89. The highest BCUT2D eigenvalue weighted by Crippen LogP contribution is 2.30. The average molecular weight is 250 g/mol. The Labute approximate surface area is 104 Å². The van der Waals surface area contributed by atoms with Gasteiger partial charge in [-0.3, -0.25) is 0 Å². The molecule has 0 bridgehead atoms. The zero-order chi connectivity index (χ0) is 11.5. The third-order valence-corrected chi connectivity index (χ3v) is 3.77. The number of benzene rings is 1. The Hall–Kier alpha value is -1.00. The maximum Gasteiger partial charge on any atom is 0.114 e. The number of anilines is 1. The third kappa shape index (κ3) is 2.57. The van der Waals surface area contributed by atoms with Crippen molar-refractivity contribution in [3.63, 3.8) is 0 Å². The van der Waals surface area contributed by atoms with Gasteiger partial charge in [-0.25, -0.2) is 4.98 Å². The number of rotatable bonds is 3. The summed E-state index contributed by atoms with van der Waals surface area (Å²) in [6.45, 7) is 4.38. The van der Waals surface area contributed by atoms with Crippen LogP contribution in [0.4, 0.5) is 5.00 Å². The van der Waals surface area contributed by atoms with Crippen LogP contribution in [0.5, 0.6) is 0 Å². The SMILES string of the molecule is CC(C)Sc1ccc(-c2ncsc2N)cc1. The molecule has 4 heteroatoms. The molecule has 84 valence electrons. The van der Waals surface area contributed by atoms with Crippen LogP contribution in [-0.4, -0.2) is 10.2 Å². The van der Waals surface area contributed by atoms with E-state index in [4.69, 9.17) is 5.73 Å². The summed E-state index contributed by atoms with van der Waals surface area (Å²) in [6.07, 6.45) is 0. The molecule has 0 amide bonds. The predicted molar refractivity (Wildman–Crippen MR) is 73.0 cm³/mol. The molecule has 0 unspecified atom stereocenters. The molecule has 0 aliphatic heterocycles. The molecular formula is C12H14N2S2. The van der Waals surface area contributed by atoms with Gasteiger partial charge in [-0.05, 0) is 12.1 Å². The van der Waals surface area contributed by atoms with Crippen molar-refractivity contribution in [3.8, 4) is 11.3 Å². The Morgan fingerprint density at radius 3 is 2.44 bits per heavy atom. The lowest BCUT2D eigenvalue weighted by atomic mass is 10.2. The second kappa shape index (κ2) is 4.89. The standard InChI is InChI=1S/C12H14N2S2/c1-8(2)16-10-5-3-9(4-6-10)11-12(13)15-7-14-11/h3-8H,13H2,1-2H3. The van der Waals surface area contributed by atoms with Gasteiger partial charge in [0.15, 0.2) is 0 Å². The molecule has 0 radical (unpaired) electrons. The first-order chi connectivity index (χ1) is 7.66. The van der Waals surface area contributed by atoms with Crippen molar-refractivity contribution in [1.29, 1.82) is 0 Å². The summed E-state index contributed by atoms with van der Waals surface area (Å²) < 4.78 is 0. The molecule has 0 atom stereocenters. The van der Waals surface area contributed by atoms with Crippen molar-refractivity contribution in [2.24, 2.45) is 0 Å². The van der Waals surface area contributed by atoms with Gasteiger partial charge < -0.3 is 5.73 Å². The molecule has 0 saturated heterocycles. The molecule has 16 heavy (non-hydrogen) atoms. The molecule has 1 aromatic carbocycles. The van der Waals surface area contributed by atoms with Crippen LogP contribution in [0.2, 0.25) is 0 Å². The number of thiazole rings is 1. The monoisotopic (exact) mass is 250 g/mol. The Bertz CT molecular complexity index is 460. The molecule has 2 aromatic rings. The normalized spacial score (nSPS) is 10.9. The minimum Gasteiger partial charge on any atom is -0.389 e. The average Bonchev–Trinajstić information content (AvgIpc) is 2.65. The summed E-state index contributed by atoms with van der Waals surface area (Å²) in [7, 11) is 0. The van der Waals surface area contributed by atoms with Gasteiger partial charge in [0, 0.05) is 15.7 Å². The van der Waals surface area contributed by atoms with Crippen LogP contribution in [0.15, 0.2) is 34.7 Å². The number of nitrogens with two attached hydrogens (primary N) is 1. The lowest BCUT2D eigenvalue weighted by molar-refractivity contribution is 1.11. The Kier molecular flexibility index (Phi) is 3.51. The van der Waals surface area contributed by atoms with Crippen molar-refractivity contribution >= 4 is 28.1 Å². The van der Waals surface area contributed by atoms with E-state index < -0.39 is 0 Å². The first-order valence-corrected chi connectivity index (χ1v) is 6.89. The van der Waals surface area contributed by atoms with Crippen LogP contribution >= 0.6 is 23.1 Å². The lowest BCUT2D eigenvalue weighted by Gasteiger charge is -2.05. The Morgan fingerprint density at radius 1 is 1.25 bits per heavy atom. The van der Waals surface area contributed by atoms with Crippen molar-refractivity contribution < 1.29 is 0 Å². The van der Waals surface area contributed by atoms with E-state index in [0.29, 0.717) is 5.25 Å². The fourth-order valence-corrected chi connectivity index (χ4v) is 2.83. The van der Waals surface area contributed by atoms with E-state index in [1.807, 2.05) is 11.8 Å². The van der Waals surface area contributed by atoms with Gasteiger partial charge in [0.1, 0.15) is 10.7 Å². The molecule has 0 spiro atoms. The quantitative estimate of drug-likeness (QED) is 0.840. The summed E-state index contributed by atoms with van der Waals surface area (Å²) in [5, 5.41) is 1.39. The molecule has 2 nitrogen and oxygen atoms in total. The fourth-order valence-electron chi connectivity index (χ4n) is 1.44. The maximum atomic E-state index is 5.84. The van der Waals surface area contributed by atoms with Crippen molar-refractivity contribution in [2.45, 2.75) is 24.0 Å². The van der Waals surface area contributed by atoms with Gasteiger partial charge in [-0.15, -0.1) is 23.1 Å². The summed E-state index contributed by atoms with van der Waals surface area (Å²) in [6, 6.07) is 8.41. The zero-order valence-corrected chi connectivity index (χ0v) is 10.9. The topological polar surface area (TPSA) is 38.9 Å². The summed E-state index contributed by atoms with van der Waals surface area (Å²) >= 11 is 3.34. The molecule has 0 aliphatic carbocycles. The molecule has 2 rings (SSSR count). The Morgan fingerprint density at radius 2 is 1.94 bits per heavy atom. The minimum atomic E-state index is 0.607. The molecule has 0 aliphatic rings. The van der Waals surface area contributed by atoms with Crippen LogP contribution < -0.4 is 5.73 Å². The van der Waals surface area contributed by atoms with Gasteiger partial charge in [0.05, 0.1) is 5.51 Å². The van der Waals surface area contributed by atoms with Crippen LogP contribution in [-0.2, 0) is 0 Å². The van der Waals surface area contributed by atoms with Gasteiger partial charge in [-0.1, -0.05) is 26.0 Å². The molecule has 1 heterocycles. The highest BCUT2D eigenvalue weighted by Gasteiger charge is 2.05. The summed E-state index contributed by atoms with van der Waals surface area (Å²) in [4.78, 5) is 5.55. The summed E-state index contributed by atoms with van der Waals surface area (Å²) in [5.74, 6) is 0. The first kappa shape index (κ1) is 11.5. The van der Waals surface area contributed by atoms with Crippen molar-refractivity contribution in [3.05, 3.63) is 29.8 Å². The summed E-state index contributed by atoms with van der Waals surface area (Å²) in [5.41, 5.74) is 9.61. The molecule has 0 saturated carbocycles. The molecule has 1 aromatic heterocycles. The highest BCUT2D eigenvalue weighted by molar-refractivity contribution is 7.99. The van der Waals surface area contributed by atoms with Crippen molar-refractivity contribution in [2.75, 3.05) is 5.73 Å². The smallest absolute Gasteiger partial charge is 0.114 e. The molecule has 2 N–H and O–H groups in total. The number of nitrogen functional groups attached to an aromatic ring is 1. The number of thioether (sulfide) groups is 1. The lowest BCUT2D eigenvalue weighted by Crippen LogP contribution is -1.87. The van der Waals surface area contributed by atoms with Crippen LogP contribution in [0.3, 0.4) is 0 Å². The van der Waals surface area contributed by atoms with E-state index in [-0.39, 0.29) is 0 Å². The Balaban J connectivity index is 2.23. The van der Waals surface area contributed by atoms with Crippen LogP contribution in [0.25, 0.3) is 11.3 Å². The first-order valence-electron chi connectivity index (χ1n) is 5.13. The number of nitrogens with zero attached hydrogens (tertiary/aromatic N) is 1. The number of hydrogen-bond donors (Lipinski definition) is 1.